The van der Waals surface area contributed by atoms with E-state index in [0.29, 0.717) is 27.1 Å². The lowest BCUT2D eigenvalue weighted by Gasteiger charge is -2.37. The lowest BCUT2D eigenvalue weighted by atomic mass is 9.91. The molecule has 0 radical (unpaired) electrons. The molecule has 1 aromatic heterocycles. The summed E-state index contributed by atoms with van der Waals surface area (Å²) in [4.78, 5) is 11.1. The minimum Gasteiger partial charge on any atom is -0.382 e. The normalized spacial score (nSPS) is 16.6. The quantitative estimate of drug-likeness (QED) is 0.818. The fourth-order valence-corrected chi connectivity index (χ4v) is 3.08. The van der Waals surface area contributed by atoms with Gasteiger partial charge < -0.3 is 16.4 Å². The molecule has 2 aromatic rings. The molecule has 1 aliphatic rings. The van der Waals surface area contributed by atoms with Gasteiger partial charge in [-0.15, -0.1) is 12.4 Å². The van der Waals surface area contributed by atoms with Gasteiger partial charge in [0.25, 0.3) is 0 Å². The monoisotopic (exact) mass is 387 g/mol. The molecule has 130 valence electrons. The van der Waals surface area contributed by atoms with Crippen LogP contribution in [0.15, 0.2) is 24.4 Å². The summed E-state index contributed by atoms with van der Waals surface area (Å²) < 4.78 is 0. The average molecular weight is 389 g/mol. The summed E-state index contributed by atoms with van der Waals surface area (Å²) >= 11 is 12.3. The van der Waals surface area contributed by atoms with Crippen molar-refractivity contribution in [3.8, 4) is 11.3 Å². The summed E-state index contributed by atoms with van der Waals surface area (Å²) in [5, 5.41) is 0.896. The zero-order chi connectivity index (χ0) is 16.6. The molecular weight excluding hydrogens is 369 g/mol. The van der Waals surface area contributed by atoms with E-state index < -0.39 is 0 Å². The van der Waals surface area contributed by atoms with Crippen molar-refractivity contribution in [3.63, 3.8) is 0 Å². The van der Waals surface area contributed by atoms with Crippen molar-refractivity contribution in [2.24, 2.45) is 5.73 Å². The average Bonchev–Trinajstić information content (AvgIpc) is 2.50. The van der Waals surface area contributed by atoms with E-state index in [-0.39, 0.29) is 17.9 Å². The molecule has 1 fully saturated rings. The van der Waals surface area contributed by atoms with Crippen molar-refractivity contribution in [2.45, 2.75) is 25.3 Å². The van der Waals surface area contributed by atoms with E-state index >= 15 is 0 Å². The first-order valence-corrected chi connectivity index (χ1v) is 8.24. The van der Waals surface area contributed by atoms with E-state index in [9.17, 15) is 0 Å². The van der Waals surface area contributed by atoms with Gasteiger partial charge >= 0.3 is 0 Å². The number of nitrogens with zero attached hydrogens (tertiary/aromatic N) is 3. The third kappa shape index (κ3) is 3.86. The Morgan fingerprint density at radius 2 is 1.88 bits per heavy atom. The van der Waals surface area contributed by atoms with Crippen LogP contribution in [0.3, 0.4) is 0 Å². The third-order valence-corrected chi connectivity index (χ3v) is 5.04. The molecule has 0 aliphatic carbocycles. The molecule has 0 unspecified atom stereocenters. The van der Waals surface area contributed by atoms with Gasteiger partial charge in [0.2, 0.25) is 0 Å². The molecule has 4 N–H and O–H groups in total. The number of halogens is 3. The minimum atomic E-state index is -0.107. The number of hydrogen-bond donors (Lipinski definition) is 2. The van der Waals surface area contributed by atoms with Crippen LogP contribution in [0.4, 0.5) is 11.6 Å². The van der Waals surface area contributed by atoms with Crippen molar-refractivity contribution in [1.29, 1.82) is 0 Å². The van der Waals surface area contributed by atoms with Crippen molar-refractivity contribution in [2.75, 3.05) is 23.7 Å². The standard InChI is InChI=1S/C16H19Cl2N5.ClH/c1-16(20)5-7-23(8-6-16)12-9-21-14(15(19)22-12)10-3-2-4-11(17)13(10)18;/h2-4,9H,5-8,20H2,1H3,(H2,19,22);1H. The predicted molar refractivity (Wildman–Crippen MR) is 103 cm³/mol. The molecular formula is C16H20Cl3N5. The second-order valence-electron chi connectivity index (χ2n) is 6.20. The van der Waals surface area contributed by atoms with Crippen LogP contribution >= 0.6 is 35.6 Å². The largest absolute Gasteiger partial charge is 0.382 e. The summed E-state index contributed by atoms with van der Waals surface area (Å²) in [6.45, 7) is 3.77. The summed E-state index contributed by atoms with van der Waals surface area (Å²) in [6.07, 6.45) is 3.55. The van der Waals surface area contributed by atoms with Crippen LogP contribution in [-0.2, 0) is 0 Å². The second kappa shape index (κ2) is 7.31. The fraction of sp³-hybridized carbons (Fsp3) is 0.375. The van der Waals surface area contributed by atoms with Crippen LogP contribution in [0.5, 0.6) is 0 Å². The van der Waals surface area contributed by atoms with Crippen LogP contribution in [0, 0.1) is 0 Å². The number of nitrogens with two attached hydrogens (primary N) is 2. The molecule has 8 heteroatoms. The third-order valence-electron chi connectivity index (χ3n) is 4.22. The molecule has 0 atom stereocenters. The van der Waals surface area contributed by atoms with E-state index in [1.165, 1.54) is 0 Å². The van der Waals surface area contributed by atoms with Gasteiger partial charge in [-0.25, -0.2) is 9.97 Å². The smallest absolute Gasteiger partial charge is 0.152 e. The van der Waals surface area contributed by atoms with Gasteiger partial charge in [-0.1, -0.05) is 35.3 Å². The number of benzene rings is 1. The molecule has 24 heavy (non-hydrogen) atoms. The highest BCUT2D eigenvalue weighted by atomic mass is 35.5. The maximum absolute atomic E-state index is 6.24. The molecule has 0 spiro atoms. The molecule has 5 nitrogen and oxygen atoms in total. The lowest BCUT2D eigenvalue weighted by Crippen LogP contribution is -2.48. The Hall–Kier alpha value is -1.27. The van der Waals surface area contributed by atoms with Crippen molar-refractivity contribution >= 4 is 47.2 Å². The van der Waals surface area contributed by atoms with Gasteiger partial charge in [-0.2, -0.15) is 0 Å². The summed E-state index contributed by atoms with van der Waals surface area (Å²) in [7, 11) is 0. The molecule has 1 aliphatic heterocycles. The number of piperidine rings is 1. The van der Waals surface area contributed by atoms with Crippen LogP contribution in [-0.4, -0.2) is 28.6 Å². The van der Waals surface area contributed by atoms with Crippen LogP contribution < -0.4 is 16.4 Å². The maximum Gasteiger partial charge on any atom is 0.152 e. The number of nitrogen functional groups attached to an aromatic ring is 1. The highest BCUT2D eigenvalue weighted by Gasteiger charge is 2.27. The first-order chi connectivity index (χ1) is 10.9. The molecule has 3 rings (SSSR count). The summed E-state index contributed by atoms with van der Waals surface area (Å²) in [6, 6.07) is 5.36. The second-order valence-corrected chi connectivity index (χ2v) is 6.99. The maximum atomic E-state index is 6.24. The van der Waals surface area contributed by atoms with E-state index in [1.54, 1.807) is 12.3 Å². The van der Waals surface area contributed by atoms with Gasteiger partial charge in [-0.3, -0.25) is 0 Å². The topological polar surface area (TPSA) is 81.1 Å². The van der Waals surface area contributed by atoms with Gasteiger partial charge in [-0.05, 0) is 25.8 Å². The first-order valence-electron chi connectivity index (χ1n) is 7.48. The first kappa shape index (κ1) is 19.1. The van der Waals surface area contributed by atoms with Crippen molar-refractivity contribution in [3.05, 3.63) is 34.4 Å². The van der Waals surface area contributed by atoms with Crippen LogP contribution in [0.1, 0.15) is 19.8 Å². The van der Waals surface area contributed by atoms with E-state index in [4.69, 9.17) is 34.7 Å². The molecule has 0 saturated carbocycles. The Balaban J connectivity index is 0.00000208. The molecule has 0 amide bonds. The van der Waals surface area contributed by atoms with E-state index in [0.717, 1.165) is 31.7 Å². The molecule has 2 heterocycles. The van der Waals surface area contributed by atoms with Gasteiger partial charge in [0.1, 0.15) is 11.5 Å². The van der Waals surface area contributed by atoms with Crippen LogP contribution in [0.2, 0.25) is 10.0 Å². The van der Waals surface area contributed by atoms with Gasteiger partial charge in [0, 0.05) is 24.2 Å². The Labute approximate surface area is 157 Å². The summed E-state index contributed by atoms with van der Waals surface area (Å²) in [5.41, 5.74) is 13.4. The minimum absolute atomic E-state index is 0. The van der Waals surface area contributed by atoms with E-state index in [1.807, 2.05) is 12.1 Å². The lowest BCUT2D eigenvalue weighted by molar-refractivity contribution is 0.363. The Bertz CT molecular complexity index is 726. The number of rotatable bonds is 2. The van der Waals surface area contributed by atoms with E-state index in [2.05, 4.69) is 21.8 Å². The SMILES string of the molecule is CC1(N)CCN(c2cnc(-c3cccc(Cl)c3Cl)c(N)n2)CC1.Cl. The molecule has 0 bridgehead atoms. The highest BCUT2D eigenvalue weighted by Crippen LogP contribution is 2.35. The number of hydrogen-bond acceptors (Lipinski definition) is 5. The number of aromatic nitrogens is 2. The molecule has 1 aromatic carbocycles. The highest BCUT2D eigenvalue weighted by molar-refractivity contribution is 6.43. The zero-order valence-corrected chi connectivity index (χ0v) is 15.6. The van der Waals surface area contributed by atoms with Crippen molar-refractivity contribution < 1.29 is 0 Å². The predicted octanol–water partition coefficient (Wildman–Crippen LogP) is 3.77. The Morgan fingerprint density at radius 3 is 2.50 bits per heavy atom. The zero-order valence-electron chi connectivity index (χ0n) is 13.3. The summed E-state index contributed by atoms with van der Waals surface area (Å²) in [5.74, 6) is 1.10. The van der Waals surface area contributed by atoms with Gasteiger partial charge in [0.15, 0.2) is 5.82 Å². The van der Waals surface area contributed by atoms with Crippen molar-refractivity contribution in [1.82, 2.24) is 9.97 Å². The Morgan fingerprint density at radius 1 is 1.21 bits per heavy atom. The van der Waals surface area contributed by atoms with Gasteiger partial charge in [0.05, 0.1) is 16.2 Å². The molecule has 1 saturated heterocycles. The fourth-order valence-electron chi connectivity index (χ4n) is 2.69. The van der Waals surface area contributed by atoms with Crippen LogP contribution in [0.25, 0.3) is 11.3 Å². The Kier molecular flexibility index (Phi) is 5.81. The number of anilines is 2.